The molecule has 0 aliphatic heterocycles. The van der Waals surface area contributed by atoms with E-state index in [1.54, 1.807) is 13.8 Å². The van der Waals surface area contributed by atoms with Crippen LogP contribution in [0.25, 0.3) is 55.8 Å². The largest absolute Gasteiger partial charge is 0.423 e. The maximum absolute atomic E-state index is 10.5. The van der Waals surface area contributed by atoms with E-state index in [0.717, 1.165) is 38.8 Å². The van der Waals surface area contributed by atoms with Gasteiger partial charge in [0.15, 0.2) is 5.82 Å². The molecule has 0 bridgehead atoms. The summed E-state index contributed by atoms with van der Waals surface area (Å²) in [5.41, 5.74) is 7.90. The molecule has 6 aromatic rings. The molecule has 1 N–H and O–H groups in total. The first-order chi connectivity index (χ1) is 21.1. The number of nitrogens with zero attached hydrogens (tertiary/aromatic N) is 2. The number of fused-ring (bicyclic) bond motifs is 1. The lowest BCUT2D eigenvalue weighted by Gasteiger charge is -2.39. The summed E-state index contributed by atoms with van der Waals surface area (Å²) in [6.45, 7) is 9.19. The monoisotopic (exact) mass is 576 g/mol. The lowest BCUT2D eigenvalue weighted by Crippen LogP contribution is -2.52. The minimum absolute atomic E-state index is 0.188. The van der Waals surface area contributed by atoms with Gasteiger partial charge in [0, 0.05) is 16.5 Å². The fraction of sp³-hybridized carbons (Fsp3) is 0.179. The first-order valence-electron chi connectivity index (χ1n) is 15.1. The Morgan fingerprint density at radius 2 is 1.02 bits per heavy atom. The Kier molecular flexibility index (Phi) is 7.94. The van der Waals surface area contributed by atoms with Crippen molar-refractivity contribution in [3.05, 3.63) is 127 Å². The lowest BCUT2D eigenvalue weighted by molar-refractivity contribution is -0.0918. The zero-order valence-corrected chi connectivity index (χ0v) is 26.0. The number of aliphatic hydroxyl groups is 1. The highest BCUT2D eigenvalue weighted by Crippen LogP contribution is 2.32. The van der Waals surface area contributed by atoms with Crippen molar-refractivity contribution < 1.29 is 9.76 Å². The van der Waals surface area contributed by atoms with Crippen molar-refractivity contribution in [1.82, 2.24) is 9.97 Å². The molecular weight excluding hydrogens is 539 g/mol. The average Bonchev–Trinajstić information content (AvgIpc) is 3.04. The summed E-state index contributed by atoms with van der Waals surface area (Å²) >= 11 is 0. The average molecular weight is 577 g/mol. The van der Waals surface area contributed by atoms with Gasteiger partial charge in [0.1, 0.15) is 0 Å². The van der Waals surface area contributed by atoms with Crippen LogP contribution in [0.2, 0.25) is 6.82 Å². The molecule has 0 spiro atoms. The fourth-order valence-corrected chi connectivity index (χ4v) is 5.29. The van der Waals surface area contributed by atoms with Gasteiger partial charge < -0.3 is 9.76 Å². The molecule has 0 atom stereocenters. The summed E-state index contributed by atoms with van der Waals surface area (Å²) in [7, 11) is 0. The van der Waals surface area contributed by atoms with Gasteiger partial charge >= 0.3 is 6.92 Å². The molecule has 6 rings (SSSR count). The highest BCUT2D eigenvalue weighted by atomic mass is 16.5. The lowest BCUT2D eigenvalue weighted by atomic mass is 9.62. The van der Waals surface area contributed by atoms with Crippen LogP contribution in [0, 0.1) is 0 Å². The molecule has 4 nitrogen and oxygen atoms in total. The molecule has 5 aromatic carbocycles. The van der Waals surface area contributed by atoms with E-state index in [1.165, 1.54) is 16.7 Å². The van der Waals surface area contributed by atoms with Gasteiger partial charge in [-0.3, -0.25) is 0 Å². The maximum atomic E-state index is 10.5. The van der Waals surface area contributed by atoms with Crippen molar-refractivity contribution in [3.8, 4) is 44.9 Å². The molecule has 0 saturated heterocycles. The van der Waals surface area contributed by atoms with Gasteiger partial charge in [0.25, 0.3) is 0 Å². The van der Waals surface area contributed by atoms with Crippen molar-refractivity contribution in [1.29, 1.82) is 0 Å². The predicted octanol–water partition coefficient (Wildman–Crippen LogP) is 8.69. The number of benzene rings is 5. The van der Waals surface area contributed by atoms with Gasteiger partial charge in [-0.05, 0) is 61.5 Å². The molecule has 0 radical (unpaired) electrons. The van der Waals surface area contributed by atoms with Crippen molar-refractivity contribution in [2.75, 3.05) is 0 Å². The summed E-state index contributed by atoms with van der Waals surface area (Å²) in [6, 6.07) is 44.1. The second kappa shape index (κ2) is 11.8. The molecule has 1 heterocycles. The quantitative estimate of drug-likeness (QED) is 0.184. The van der Waals surface area contributed by atoms with E-state index in [0.29, 0.717) is 5.82 Å². The van der Waals surface area contributed by atoms with Crippen LogP contribution in [0.3, 0.4) is 0 Å². The molecule has 1 aromatic heterocycles. The van der Waals surface area contributed by atoms with Gasteiger partial charge in [0.05, 0.1) is 22.4 Å². The number of para-hydroxylation sites is 1. The third-order valence-electron chi connectivity index (χ3n) is 8.67. The minimum Gasteiger partial charge on any atom is -0.423 e. The molecule has 0 fully saturated rings. The van der Waals surface area contributed by atoms with Crippen LogP contribution in [-0.2, 0) is 4.65 Å². The van der Waals surface area contributed by atoms with Crippen LogP contribution < -0.4 is 5.46 Å². The topological polar surface area (TPSA) is 55.2 Å². The maximum Gasteiger partial charge on any atom is 0.324 e. The van der Waals surface area contributed by atoms with E-state index in [-0.39, 0.29) is 6.92 Å². The number of hydrogen-bond donors (Lipinski definition) is 1. The van der Waals surface area contributed by atoms with E-state index in [9.17, 15) is 5.11 Å². The normalized spacial score (nSPS) is 12.0. The number of hydrogen-bond acceptors (Lipinski definition) is 4. The highest BCUT2D eigenvalue weighted by Gasteiger charge is 2.38. The van der Waals surface area contributed by atoms with Crippen LogP contribution in [-0.4, -0.2) is 33.2 Å². The fourth-order valence-electron chi connectivity index (χ4n) is 5.29. The van der Waals surface area contributed by atoms with Gasteiger partial charge in [-0.15, -0.1) is 0 Å². The van der Waals surface area contributed by atoms with Crippen LogP contribution >= 0.6 is 0 Å². The van der Waals surface area contributed by atoms with Gasteiger partial charge in [-0.1, -0.05) is 128 Å². The second-order valence-corrected chi connectivity index (χ2v) is 12.4. The third kappa shape index (κ3) is 6.07. The second-order valence-electron chi connectivity index (χ2n) is 12.4. The highest BCUT2D eigenvalue weighted by molar-refractivity contribution is 6.66. The van der Waals surface area contributed by atoms with Crippen molar-refractivity contribution in [2.45, 2.75) is 45.7 Å². The zero-order chi connectivity index (χ0) is 30.9. The van der Waals surface area contributed by atoms with Crippen LogP contribution in [0.4, 0.5) is 0 Å². The van der Waals surface area contributed by atoms with Crippen molar-refractivity contribution >= 4 is 23.3 Å². The molecule has 0 aliphatic carbocycles. The van der Waals surface area contributed by atoms with E-state index in [1.807, 2.05) is 57.1 Å². The Hall–Kier alpha value is -4.58. The Labute approximate surface area is 260 Å². The Morgan fingerprint density at radius 3 is 1.59 bits per heavy atom. The van der Waals surface area contributed by atoms with Crippen molar-refractivity contribution in [3.63, 3.8) is 0 Å². The molecular formula is C39H37BN2O2. The van der Waals surface area contributed by atoms with E-state index in [4.69, 9.17) is 14.6 Å². The van der Waals surface area contributed by atoms with E-state index >= 15 is 0 Å². The van der Waals surface area contributed by atoms with Gasteiger partial charge in [-0.25, -0.2) is 9.97 Å². The Morgan fingerprint density at radius 1 is 0.545 bits per heavy atom. The Balaban J connectivity index is 1.28. The molecule has 0 unspecified atom stereocenters. The van der Waals surface area contributed by atoms with E-state index < -0.39 is 11.2 Å². The summed E-state index contributed by atoms with van der Waals surface area (Å²) in [6.07, 6.45) is 0. The number of rotatable bonds is 8. The van der Waals surface area contributed by atoms with Crippen molar-refractivity contribution in [2.24, 2.45) is 0 Å². The van der Waals surface area contributed by atoms with E-state index in [2.05, 4.69) is 91.0 Å². The summed E-state index contributed by atoms with van der Waals surface area (Å²) in [4.78, 5) is 10.0. The van der Waals surface area contributed by atoms with Crippen LogP contribution in [0.15, 0.2) is 127 Å². The number of aromatic nitrogens is 2. The summed E-state index contributed by atoms with van der Waals surface area (Å²) in [5, 5.41) is 11.5. The summed E-state index contributed by atoms with van der Waals surface area (Å²) in [5.74, 6) is 0.677. The first kappa shape index (κ1) is 29.5. The smallest absolute Gasteiger partial charge is 0.324 e. The molecule has 0 saturated carbocycles. The first-order valence-corrected chi connectivity index (χ1v) is 15.1. The van der Waals surface area contributed by atoms with Gasteiger partial charge in [0.2, 0.25) is 0 Å². The SMILES string of the molecule is CB(OC(C)(C)C(C)(C)O)c1ccc(-c2nc(-c3ccc(-c4ccc(-c5ccccc5)cc4)cc3)c3ccccc3n2)cc1. The molecule has 44 heavy (non-hydrogen) atoms. The summed E-state index contributed by atoms with van der Waals surface area (Å²) < 4.78 is 6.25. The molecule has 0 aliphatic rings. The minimum atomic E-state index is -0.971. The standard InChI is InChI=1S/C39H37BN2O2/c1-38(2,43)39(3,4)44-40(5)33-25-23-32(24-26-33)37-41-35-14-10-9-13-34(35)36(42-37)31-21-19-30(20-22-31)29-17-15-28(16-18-29)27-11-7-6-8-12-27/h6-26,43H,1-5H3. The molecule has 218 valence electrons. The predicted molar refractivity (Wildman–Crippen MR) is 184 cm³/mol. The molecule has 0 amide bonds. The van der Waals surface area contributed by atoms with Gasteiger partial charge in [-0.2, -0.15) is 0 Å². The Bertz CT molecular complexity index is 1880. The molecule has 5 heteroatoms. The van der Waals surface area contributed by atoms with Crippen LogP contribution in [0.5, 0.6) is 0 Å². The zero-order valence-electron chi connectivity index (χ0n) is 26.0. The van der Waals surface area contributed by atoms with Crippen LogP contribution in [0.1, 0.15) is 27.7 Å². The third-order valence-corrected chi connectivity index (χ3v) is 8.67.